The lowest BCUT2D eigenvalue weighted by Gasteiger charge is -2.36. The van der Waals surface area contributed by atoms with Crippen LogP contribution in [0.3, 0.4) is 0 Å². The number of aromatic nitrogens is 6. The summed E-state index contributed by atoms with van der Waals surface area (Å²) in [5.41, 5.74) is 3.74. The number of hydrogen-bond donors (Lipinski definition) is 2. The number of fused-ring (bicyclic) bond motifs is 3. The average Bonchev–Trinajstić information content (AvgIpc) is 3.54. The lowest BCUT2D eigenvalue weighted by atomic mass is 9.98. The first-order valence-electron chi connectivity index (χ1n) is 10.6. The summed E-state index contributed by atoms with van der Waals surface area (Å²) in [6.07, 6.45) is 10.5. The number of nitrogens with one attached hydrogen (secondary N) is 2. The number of anilines is 1. The number of aromatic amines is 1. The van der Waals surface area contributed by atoms with Gasteiger partial charge in [0.2, 0.25) is 0 Å². The van der Waals surface area contributed by atoms with E-state index in [2.05, 4.69) is 61.0 Å². The van der Waals surface area contributed by atoms with Crippen LogP contribution in [0, 0.1) is 0 Å². The highest BCUT2D eigenvalue weighted by Crippen LogP contribution is 2.32. The van der Waals surface area contributed by atoms with E-state index in [1.54, 1.807) is 6.20 Å². The quantitative estimate of drug-likeness (QED) is 0.548. The van der Waals surface area contributed by atoms with Crippen molar-refractivity contribution in [2.24, 2.45) is 0 Å². The Kier molecular flexibility index (Phi) is 4.05. The van der Waals surface area contributed by atoms with Crippen molar-refractivity contribution < 1.29 is 0 Å². The number of hydrogen-bond acceptors (Lipinski definition) is 6. The molecule has 5 heterocycles. The molecule has 8 heteroatoms. The van der Waals surface area contributed by atoms with Crippen LogP contribution in [0.2, 0.25) is 0 Å². The molecular weight excluding hydrogens is 376 g/mol. The van der Waals surface area contributed by atoms with E-state index in [1.807, 2.05) is 29.2 Å². The molecule has 2 aliphatic heterocycles. The minimum absolute atomic E-state index is 0.525. The topological polar surface area (TPSA) is 87.6 Å². The van der Waals surface area contributed by atoms with E-state index in [1.165, 1.54) is 25.7 Å². The molecule has 0 amide bonds. The lowest BCUT2D eigenvalue weighted by Crippen LogP contribution is -2.47. The third-order valence-electron chi connectivity index (χ3n) is 6.63. The molecule has 2 saturated heterocycles. The molecule has 8 nitrogen and oxygen atoms in total. The predicted molar refractivity (Wildman–Crippen MR) is 116 cm³/mol. The summed E-state index contributed by atoms with van der Waals surface area (Å²) in [6.45, 7) is 0. The highest BCUT2D eigenvalue weighted by Gasteiger charge is 2.35. The van der Waals surface area contributed by atoms with Gasteiger partial charge in [-0.15, -0.1) is 10.2 Å². The largest absolute Gasteiger partial charge is 0.355 e. The molecule has 2 aliphatic rings. The van der Waals surface area contributed by atoms with Gasteiger partial charge in [-0.05, 0) is 56.0 Å². The number of piperidine rings is 1. The van der Waals surface area contributed by atoms with Crippen molar-refractivity contribution in [1.29, 1.82) is 0 Å². The minimum Gasteiger partial charge on any atom is -0.355 e. The zero-order chi connectivity index (χ0) is 20.1. The van der Waals surface area contributed by atoms with E-state index in [4.69, 9.17) is 0 Å². The molecule has 3 atom stereocenters. The van der Waals surface area contributed by atoms with E-state index >= 15 is 0 Å². The Morgan fingerprint density at radius 3 is 2.67 bits per heavy atom. The first-order chi connectivity index (χ1) is 14.8. The highest BCUT2D eigenvalue weighted by atomic mass is 15.3. The first-order valence-corrected chi connectivity index (χ1v) is 10.6. The molecule has 30 heavy (non-hydrogen) atoms. The van der Waals surface area contributed by atoms with Crippen molar-refractivity contribution in [1.82, 2.24) is 35.5 Å². The molecule has 0 aliphatic carbocycles. The molecule has 2 bridgehead atoms. The van der Waals surface area contributed by atoms with Crippen LogP contribution in [-0.4, -0.2) is 55.3 Å². The maximum absolute atomic E-state index is 4.57. The van der Waals surface area contributed by atoms with E-state index in [0.717, 1.165) is 33.7 Å². The van der Waals surface area contributed by atoms with Gasteiger partial charge >= 0.3 is 0 Å². The fourth-order valence-electron chi connectivity index (χ4n) is 5.03. The van der Waals surface area contributed by atoms with Gasteiger partial charge in [0.05, 0.1) is 23.1 Å². The predicted octanol–water partition coefficient (Wildman–Crippen LogP) is 2.92. The van der Waals surface area contributed by atoms with Crippen molar-refractivity contribution in [3.63, 3.8) is 0 Å². The standard InChI is InChI=1S/C22H24N8/c1-29(16-11-14-3-4-15(12-16)25-14)21-8-6-19(26-27-21)17-5-7-20(30-10-2-9-24-30)18-13-23-28-22(17)18/h2,5-10,13-16,25H,3-4,11-12H2,1H3,(H,23,28)/t14-,15?,16?/m0/s1. The molecule has 3 aromatic heterocycles. The fourth-order valence-corrected chi connectivity index (χ4v) is 5.03. The molecule has 0 saturated carbocycles. The summed E-state index contributed by atoms with van der Waals surface area (Å²) in [6, 6.07) is 12.0. The Bertz CT molecular complexity index is 1150. The number of rotatable bonds is 4. The van der Waals surface area contributed by atoms with Crippen LogP contribution in [0.15, 0.2) is 48.9 Å². The molecule has 6 rings (SSSR count). The maximum Gasteiger partial charge on any atom is 0.151 e. The molecule has 152 valence electrons. The third-order valence-corrected chi connectivity index (χ3v) is 6.63. The molecule has 0 spiro atoms. The number of nitrogens with zero attached hydrogens (tertiary/aromatic N) is 6. The van der Waals surface area contributed by atoms with E-state index in [0.29, 0.717) is 18.1 Å². The number of H-pyrrole nitrogens is 1. The second-order valence-electron chi connectivity index (χ2n) is 8.39. The highest BCUT2D eigenvalue weighted by molar-refractivity contribution is 5.97. The van der Waals surface area contributed by atoms with Gasteiger partial charge in [0.15, 0.2) is 5.82 Å². The van der Waals surface area contributed by atoms with Crippen molar-refractivity contribution in [2.75, 3.05) is 11.9 Å². The average molecular weight is 400 g/mol. The van der Waals surface area contributed by atoms with Crippen molar-refractivity contribution in [2.45, 2.75) is 43.8 Å². The summed E-state index contributed by atoms with van der Waals surface area (Å²) in [4.78, 5) is 2.30. The Morgan fingerprint density at radius 2 is 1.93 bits per heavy atom. The Balaban J connectivity index is 1.30. The molecule has 2 fully saturated rings. The second-order valence-corrected chi connectivity index (χ2v) is 8.39. The van der Waals surface area contributed by atoms with Gasteiger partial charge in [-0.2, -0.15) is 10.2 Å². The van der Waals surface area contributed by atoms with Gasteiger partial charge in [-0.25, -0.2) is 4.68 Å². The molecule has 2 N–H and O–H groups in total. The van der Waals surface area contributed by atoms with Crippen LogP contribution in [0.4, 0.5) is 5.82 Å². The van der Waals surface area contributed by atoms with Crippen molar-refractivity contribution >= 4 is 16.7 Å². The van der Waals surface area contributed by atoms with Crippen LogP contribution < -0.4 is 10.2 Å². The van der Waals surface area contributed by atoms with Gasteiger partial charge in [-0.3, -0.25) is 5.10 Å². The maximum atomic E-state index is 4.57. The summed E-state index contributed by atoms with van der Waals surface area (Å²) in [7, 11) is 2.14. The van der Waals surface area contributed by atoms with Gasteiger partial charge in [-0.1, -0.05) is 0 Å². The Morgan fingerprint density at radius 1 is 1.07 bits per heavy atom. The van der Waals surface area contributed by atoms with Crippen LogP contribution in [0.25, 0.3) is 27.8 Å². The van der Waals surface area contributed by atoms with Crippen molar-refractivity contribution in [3.8, 4) is 16.9 Å². The summed E-state index contributed by atoms with van der Waals surface area (Å²) >= 11 is 0. The summed E-state index contributed by atoms with van der Waals surface area (Å²) in [5, 5.41) is 25.6. The summed E-state index contributed by atoms with van der Waals surface area (Å²) < 4.78 is 1.84. The Labute approximate surface area is 174 Å². The van der Waals surface area contributed by atoms with E-state index in [-0.39, 0.29) is 0 Å². The zero-order valence-electron chi connectivity index (χ0n) is 16.9. The first kappa shape index (κ1) is 17.6. The second kappa shape index (κ2) is 6.91. The van der Waals surface area contributed by atoms with Gasteiger partial charge < -0.3 is 10.2 Å². The molecule has 2 unspecified atom stereocenters. The van der Waals surface area contributed by atoms with Crippen LogP contribution in [0.1, 0.15) is 25.7 Å². The summed E-state index contributed by atoms with van der Waals surface area (Å²) in [5.74, 6) is 0.930. The van der Waals surface area contributed by atoms with Gasteiger partial charge in [0, 0.05) is 48.5 Å². The number of benzene rings is 1. The smallest absolute Gasteiger partial charge is 0.151 e. The Hall–Kier alpha value is -3.26. The fraction of sp³-hybridized carbons (Fsp3) is 0.364. The SMILES string of the molecule is CN(c1ccc(-c2ccc(-n3cccn3)c3cn[nH]c23)nn1)C1CC2CC[C@@H](C1)N2. The normalized spacial score (nSPS) is 23.2. The van der Waals surface area contributed by atoms with E-state index < -0.39 is 0 Å². The van der Waals surface area contributed by atoms with Gasteiger partial charge in [0.25, 0.3) is 0 Å². The monoisotopic (exact) mass is 400 g/mol. The van der Waals surface area contributed by atoms with Crippen LogP contribution >= 0.6 is 0 Å². The van der Waals surface area contributed by atoms with Crippen LogP contribution in [0.5, 0.6) is 0 Å². The van der Waals surface area contributed by atoms with E-state index in [9.17, 15) is 0 Å². The lowest BCUT2D eigenvalue weighted by molar-refractivity contribution is 0.353. The van der Waals surface area contributed by atoms with Gasteiger partial charge in [0.1, 0.15) is 0 Å². The third kappa shape index (κ3) is 2.87. The molecular formula is C22H24N8. The molecule has 4 aromatic rings. The zero-order valence-corrected chi connectivity index (χ0v) is 16.9. The minimum atomic E-state index is 0.525. The van der Waals surface area contributed by atoms with Crippen LogP contribution in [-0.2, 0) is 0 Å². The molecule has 0 radical (unpaired) electrons. The molecule has 1 aromatic carbocycles. The van der Waals surface area contributed by atoms with Crippen molar-refractivity contribution in [3.05, 3.63) is 48.9 Å².